The molecule has 0 aliphatic carbocycles. The number of hydrogen-bond donors (Lipinski definition) is 2. The van der Waals surface area contributed by atoms with Crippen molar-refractivity contribution in [3.8, 4) is 0 Å². The van der Waals surface area contributed by atoms with Crippen LogP contribution < -0.4 is 10.6 Å². The average Bonchev–Trinajstić information content (AvgIpc) is 2.26. The Morgan fingerprint density at radius 1 is 1.62 bits per heavy atom. The van der Waals surface area contributed by atoms with Crippen LogP contribution in [-0.2, 0) is 0 Å². The van der Waals surface area contributed by atoms with E-state index in [4.69, 9.17) is 23.1 Å². The van der Waals surface area contributed by atoms with Crippen LogP contribution in [-0.4, -0.2) is 29.8 Å². The van der Waals surface area contributed by atoms with Crippen LogP contribution in [0.1, 0.15) is 12.5 Å². The van der Waals surface area contributed by atoms with Gasteiger partial charge in [0, 0.05) is 24.3 Å². The molecule has 1 aromatic carbocycles. The third-order valence-electron chi connectivity index (χ3n) is 2.53. The zero-order chi connectivity index (χ0) is 12.3. The molecule has 16 heavy (non-hydrogen) atoms. The predicted molar refractivity (Wildman–Crippen MR) is 67.2 cm³/mol. The lowest BCUT2D eigenvalue weighted by Gasteiger charge is -2.27. The van der Waals surface area contributed by atoms with Crippen LogP contribution >= 0.6 is 12.2 Å². The van der Waals surface area contributed by atoms with Gasteiger partial charge in [-0.25, -0.2) is 4.39 Å². The number of nitrogens with zero attached hydrogens (tertiary/aromatic N) is 1. The van der Waals surface area contributed by atoms with Crippen LogP contribution in [0.5, 0.6) is 0 Å². The zero-order valence-electron chi connectivity index (χ0n) is 9.27. The summed E-state index contributed by atoms with van der Waals surface area (Å²) in [6.07, 6.45) is 0. The van der Waals surface area contributed by atoms with Gasteiger partial charge in [0.15, 0.2) is 0 Å². The minimum absolute atomic E-state index is 0.00461. The average molecular weight is 242 g/mol. The standard InChI is InChI=1S/C11H15FN2OS/c1-7(6-15)14(2)10-4-3-8(12)5-9(10)11(13)16/h3-5,7,15H,6H2,1-2H3,(H2,13,16). The Balaban J connectivity index is 3.17. The summed E-state index contributed by atoms with van der Waals surface area (Å²) in [5, 5.41) is 9.07. The summed E-state index contributed by atoms with van der Waals surface area (Å²) in [7, 11) is 1.80. The number of halogens is 1. The molecule has 0 spiro atoms. The third-order valence-corrected chi connectivity index (χ3v) is 2.75. The lowest BCUT2D eigenvalue weighted by atomic mass is 10.1. The first-order valence-electron chi connectivity index (χ1n) is 4.90. The van der Waals surface area contributed by atoms with E-state index in [2.05, 4.69) is 0 Å². The first kappa shape index (κ1) is 12.9. The number of aliphatic hydroxyl groups is 1. The van der Waals surface area contributed by atoms with Crippen molar-refractivity contribution in [2.75, 3.05) is 18.6 Å². The molecule has 1 rings (SSSR count). The van der Waals surface area contributed by atoms with Crippen LogP contribution in [0.3, 0.4) is 0 Å². The van der Waals surface area contributed by atoms with E-state index in [1.807, 2.05) is 11.8 Å². The number of nitrogens with two attached hydrogens (primary N) is 1. The summed E-state index contributed by atoms with van der Waals surface area (Å²) >= 11 is 4.87. The molecule has 88 valence electrons. The van der Waals surface area contributed by atoms with Crippen molar-refractivity contribution in [2.24, 2.45) is 5.73 Å². The van der Waals surface area contributed by atoms with Gasteiger partial charge in [-0.05, 0) is 25.1 Å². The van der Waals surface area contributed by atoms with Gasteiger partial charge in [0.2, 0.25) is 0 Å². The lowest BCUT2D eigenvalue weighted by Crippen LogP contribution is -2.33. The van der Waals surface area contributed by atoms with Gasteiger partial charge in [0.05, 0.1) is 6.61 Å². The largest absolute Gasteiger partial charge is 0.394 e. The third kappa shape index (κ3) is 2.68. The van der Waals surface area contributed by atoms with E-state index < -0.39 is 0 Å². The molecular weight excluding hydrogens is 227 g/mol. The van der Waals surface area contributed by atoms with Crippen molar-refractivity contribution in [3.63, 3.8) is 0 Å². The zero-order valence-corrected chi connectivity index (χ0v) is 10.1. The van der Waals surface area contributed by atoms with Gasteiger partial charge in [0.25, 0.3) is 0 Å². The quantitative estimate of drug-likeness (QED) is 0.781. The van der Waals surface area contributed by atoms with Crippen molar-refractivity contribution in [1.82, 2.24) is 0 Å². The molecule has 0 amide bonds. The molecule has 0 aliphatic rings. The molecule has 0 radical (unpaired) electrons. The molecule has 0 bridgehead atoms. The predicted octanol–water partition coefficient (Wildman–Crippen LogP) is 1.28. The van der Waals surface area contributed by atoms with Gasteiger partial charge >= 0.3 is 0 Å². The van der Waals surface area contributed by atoms with Crippen molar-refractivity contribution < 1.29 is 9.50 Å². The van der Waals surface area contributed by atoms with Gasteiger partial charge in [-0.2, -0.15) is 0 Å². The molecule has 0 saturated heterocycles. The van der Waals surface area contributed by atoms with E-state index in [1.165, 1.54) is 12.1 Å². The Labute approximate surface area is 99.7 Å². The highest BCUT2D eigenvalue weighted by Gasteiger charge is 2.14. The number of rotatable bonds is 4. The Morgan fingerprint density at radius 2 is 2.25 bits per heavy atom. The van der Waals surface area contributed by atoms with Gasteiger partial charge < -0.3 is 15.7 Å². The Bertz CT molecular complexity index is 398. The molecular formula is C11H15FN2OS. The second-order valence-corrected chi connectivity index (χ2v) is 4.11. The molecule has 3 N–H and O–H groups in total. The highest BCUT2D eigenvalue weighted by molar-refractivity contribution is 7.80. The summed E-state index contributed by atoms with van der Waals surface area (Å²) in [4.78, 5) is 1.96. The fourth-order valence-corrected chi connectivity index (χ4v) is 1.54. The molecule has 1 aromatic rings. The number of hydrogen-bond acceptors (Lipinski definition) is 3. The minimum Gasteiger partial charge on any atom is -0.394 e. The summed E-state index contributed by atoms with van der Waals surface area (Å²) in [5.74, 6) is -0.378. The monoisotopic (exact) mass is 242 g/mol. The van der Waals surface area contributed by atoms with E-state index in [-0.39, 0.29) is 23.5 Å². The lowest BCUT2D eigenvalue weighted by molar-refractivity contribution is 0.270. The molecule has 0 fully saturated rings. The topological polar surface area (TPSA) is 49.5 Å². The van der Waals surface area contributed by atoms with E-state index in [9.17, 15) is 4.39 Å². The minimum atomic E-state index is -0.378. The maximum absolute atomic E-state index is 13.1. The normalized spacial score (nSPS) is 12.2. The van der Waals surface area contributed by atoms with Crippen molar-refractivity contribution in [2.45, 2.75) is 13.0 Å². The van der Waals surface area contributed by atoms with E-state index >= 15 is 0 Å². The van der Waals surface area contributed by atoms with Crippen LogP contribution in [0.25, 0.3) is 0 Å². The highest BCUT2D eigenvalue weighted by atomic mass is 32.1. The number of likely N-dealkylation sites (N-methyl/N-ethyl adjacent to an activating group) is 1. The van der Waals surface area contributed by atoms with E-state index in [0.717, 1.165) is 5.69 Å². The molecule has 0 saturated carbocycles. The summed E-state index contributed by atoms with van der Waals surface area (Å²) < 4.78 is 13.1. The molecule has 5 heteroatoms. The summed E-state index contributed by atoms with van der Waals surface area (Å²) in [6.45, 7) is 1.86. The van der Waals surface area contributed by atoms with Gasteiger partial charge in [-0.15, -0.1) is 0 Å². The van der Waals surface area contributed by atoms with Crippen LogP contribution in [0.15, 0.2) is 18.2 Å². The summed E-state index contributed by atoms with van der Waals surface area (Å²) in [6, 6.07) is 4.17. The molecule has 0 aromatic heterocycles. The Kier molecular flexibility index (Phi) is 4.20. The Hall–Kier alpha value is -1.20. The fraction of sp³-hybridized carbons (Fsp3) is 0.364. The number of thiocarbonyl (C=S) groups is 1. The molecule has 0 aliphatic heterocycles. The second kappa shape index (κ2) is 5.23. The van der Waals surface area contributed by atoms with E-state index in [0.29, 0.717) is 5.56 Å². The molecule has 0 heterocycles. The highest BCUT2D eigenvalue weighted by Crippen LogP contribution is 2.22. The van der Waals surface area contributed by atoms with Crippen LogP contribution in [0.2, 0.25) is 0 Å². The number of anilines is 1. The maximum Gasteiger partial charge on any atom is 0.124 e. The second-order valence-electron chi connectivity index (χ2n) is 3.67. The molecule has 3 nitrogen and oxygen atoms in total. The smallest absolute Gasteiger partial charge is 0.124 e. The van der Waals surface area contributed by atoms with Crippen molar-refractivity contribution in [3.05, 3.63) is 29.6 Å². The SMILES string of the molecule is CC(CO)N(C)c1ccc(F)cc1C(N)=S. The fourth-order valence-electron chi connectivity index (χ4n) is 1.37. The van der Waals surface area contributed by atoms with Crippen molar-refractivity contribution >= 4 is 22.9 Å². The van der Waals surface area contributed by atoms with Crippen LogP contribution in [0.4, 0.5) is 10.1 Å². The maximum atomic E-state index is 13.1. The van der Waals surface area contributed by atoms with E-state index in [1.54, 1.807) is 13.1 Å². The number of aliphatic hydroxyl groups excluding tert-OH is 1. The van der Waals surface area contributed by atoms with Crippen molar-refractivity contribution in [1.29, 1.82) is 0 Å². The first-order chi connectivity index (χ1) is 7.47. The number of benzene rings is 1. The first-order valence-corrected chi connectivity index (χ1v) is 5.31. The van der Waals surface area contributed by atoms with Gasteiger partial charge in [0.1, 0.15) is 10.8 Å². The van der Waals surface area contributed by atoms with Gasteiger partial charge in [-0.3, -0.25) is 0 Å². The summed E-state index contributed by atoms with van der Waals surface area (Å²) in [5.41, 5.74) is 6.74. The molecule has 1 unspecified atom stereocenters. The van der Waals surface area contributed by atoms with Gasteiger partial charge in [-0.1, -0.05) is 12.2 Å². The Morgan fingerprint density at radius 3 is 2.75 bits per heavy atom. The van der Waals surface area contributed by atoms with Crippen LogP contribution in [0, 0.1) is 5.82 Å². The molecule has 1 atom stereocenters.